The van der Waals surface area contributed by atoms with Gasteiger partial charge in [-0.2, -0.15) is 0 Å². The second kappa shape index (κ2) is 8.80. The zero-order valence-corrected chi connectivity index (χ0v) is 16.1. The highest BCUT2D eigenvalue weighted by Crippen LogP contribution is 2.25. The molecule has 3 N–H and O–H groups in total. The number of guanidine groups is 1. The molecule has 24 heavy (non-hydrogen) atoms. The monoisotopic (exact) mass is 353 g/mol. The van der Waals surface area contributed by atoms with Gasteiger partial charge in [0.15, 0.2) is 5.96 Å². The average molecular weight is 354 g/mol. The van der Waals surface area contributed by atoms with Crippen molar-refractivity contribution in [3.05, 3.63) is 22.4 Å². The Bertz CT molecular complexity index is 517. The minimum Gasteiger partial charge on any atom is -0.383 e. The van der Waals surface area contributed by atoms with Crippen LogP contribution in [0.4, 0.5) is 0 Å². The van der Waals surface area contributed by atoms with E-state index in [1.807, 2.05) is 24.4 Å². The van der Waals surface area contributed by atoms with Gasteiger partial charge in [-0.25, -0.2) is 4.99 Å². The number of rotatable bonds is 6. The van der Waals surface area contributed by atoms with Gasteiger partial charge in [-0.15, -0.1) is 11.3 Å². The summed E-state index contributed by atoms with van der Waals surface area (Å²) in [6, 6.07) is 4.37. The van der Waals surface area contributed by atoms with Crippen molar-refractivity contribution in [3.63, 3.8) is 0 Å². The van der Waals surface area contributed by atoms with Crippen LogP contribution in [0, 0.1) is 0 Å². The lowest BCUT2D eigenvalue weighted by Gasteiger charge is -2.38. The maximum absolute atomic E-state index is 10.6. The summed E-state index contributed by atoms with van der Waals surface area (Å²) in [6.45, 7) is 9.10. The Morgan fingerprint density at radius 2 is 2.21 bits per heavy atom. The molecule has 6 nitrogen and oxygen atoms in total. The Kier molecular flexibility index (Phi) is 7.03. The quantitative estimate of drug-likeness (QED) is 0.521. The van der Waals surface area contributed by atoms with Crippen LogP contribution >= 0.6 is 11.3 Å². The van der Waals surface area contributed by atoms with Crippen LogP contribution in [0.3, 0.4) is 0 Å². The van der Waals surface area contributed by atoms with E-state index in [4.69, 9.17) is 0 Å². The Labute approximate surface area is 149 Å². The number of aliphatic hydroxyl groups is 1. The predicted octanol–water partition coefficient (Wildman–Crippen LogP) is 0.757. The highest BCUT2D eigenvalue weighted by molar-refractivity contribution is 7.10. The van der Waals surface area contributed by atoms with Gasteiger partial charge in [0.1, 0.15) is 5.60 Å². The van der Waals surface area contributed by atoms with Crippen molar-refractivity contribution in [1.82, 2.24) is 20.4 Å². The van der Waals surface area contributed by atoms with Crippen molar-refractivity contribution >= 4 is 17.3 Å². The first-order valence-corrected chi connectivity index (χ1v) is 9.47. The summed E-state index contributed by atoms with van der Waals surface area (Å²) in [5.41, 5.74) is -0.932. The molecule has 0 saturated carbocycles. The molecule has 0 amide bonds. The Morgan fingerprint density at radius 3 is 2.88 bits per heavy atom. The van der Waals surface area contributed by atoms with Crippen LogP contribution in [0.5, 0.6) is 0 Å². The van der Waals surface area contributed by atoms with Crippen LogP contribution in [-0.2, 0) is 5.60 Å². The van der Waals surface area contributed by atoms with Crippen molar-refractivity contribution in [2.45, 2.75) is 25.5 Å². The van der Waals surface area contributed by atoms with E-state index < -0.39 is 5.60 Å². The van der Waals surface area contributed by atoms with Gasteiger partial charge in [-0.05, 0) is 39.4 Å². The predicted molar refractivity (Wildman–Crippen MR) is 102 cm³/mol. The minimum absolute atomic E-state index is 0.337. The summed E-state index contributed by atoms with van der Waals surface area (Å²) >= 11 is 1.56. The second-order valence-corrected chi connectivity index (χ2v) is 7.67. The molecule has 136 valence electrons. The van der Waals surface area contributed by atoms with E-state index in [2.05, 4.69) is 46.4 Å². The largest absolute Gasteiger partial charge is 0.383 e. The van der Waals surface area contributed by atoms with Crippen molar-refractivity contribution < 1.29 is 5.11 Å². The van der Waals surface area contributed by atoms with Crippen molar-refractivity contribution in [1.29, 1.82) is 0 Å². The topological polar surface area (TPSA) is 63.1 Å². The second-order valence-electron chi connectivity index (χ2n) is 6.72. The summed E-state index contributed by atoms with van der Waals surface area (Å²) in [5, 5.41) is 19.3. The highest BCUT2D eigenvalue weighted by Gasteiger charge is 2.25. The lowest BCUT2D eigenvalue weighted by atomic mass is 10.1. The highest BCUT2D eigenvalue weighted by atomic mass is 32.1. The zero-order chi connectivity index (χ0) is 17.6. The van der Waals surface area contributed by atoms with Crippen molar-refractivity contribution in [3.8, 4) is 0 Å². The third-order valence-corrected chi connectivity index (χ3v) is 5.55. The molecule has 1 saturated heterocycles. The number of likely N-dealkylation sites (N-methyl/N-ethyl adjacent to an activating group) is 2. The maximum atomic E-state index is 10.6. The van der Waals surface area contributed by atoms with E-state index in [1.54, 1.807) is 11.3 Å². The van der Waals surface area contributed by atoms with Gasteiger partial charge in [-0.3, -0.25) is 4.90 Å². The average Bonchev–Trinajstić information content (AvgIpc) is 3.08. The van der Waals surface area contributed by atoms with Gasteiger partial charge in [-0.1, -0.05) is 6.07 Å². The molecule has 2 atom stereocenters. The third-order valence-electron chi connectivity index (χ3n) is 4.43. The fourth-order valence-electron chi connectivity index (χ4n) is 2.77. The van der Waals surface area contributed by atoms with E-state index in [-0.39, 0.29) is 0 Å². The summed E-state index contributed by atoms with van der Waals surface area (Å²) in [5.74, 6) is 0.760. The molecule has 0 spiro atoms. The molecular formula is C17H31N5OS. The molecule has 0 bridgehead atoms. The summed E-state index contributed by atoms with van der Waals surface area (Å²) < 4.78 is 0. The molecule has 0 aliphatic carbocycles. The molecule has 2 unspecified atom stereocenters. The molecule has 2 rings (SSSR count). The van der Waals surface area contributed by atoms with E-state index in [0.29, 0.717) is 12.6 Å². The van der Waals surface area contributed by atoms with E-state index in [0.717, 1.165) is 43.6 Å². The zero-order valence-electron chi connectivity index (χ0n) is 15.2. The normalized spacial score (nSPS) is 23.0. The van der Waals surface area contributed by atoms with Gasteiger partial charge in [0, 0.05) is 43.6 Å². The summed E-state index contributed by atoms with van der Waals surface area (Å²) in [4.78, 5) is 10.3. The Hall–Kier alpha value is -1.15. The number of hydrogen-bond donors (Lipinski definition) is 3. The number of piperazine rings is 1. The SMILES string of the molecule is CCNC(=NCC(C)(O)c1cccs1)NCC1CN(C)CCN1C. The minimum atomic E-state index is -0.932. The molecule has 1 aromatic heterocycles. The molecule has 2 heterocycles. The molecule has 1 aliphatic rings. The van der Waals surface area contributed by atoms with Crippen LogP contribution in [-0.4, -0.2) is 80.3 Å². The number of hydrogen-bond acceptors (Lipinski definition) is 5. The van der Waals surface area contributed by atoms with E-state index >= 15 is 0 Å². The van der Waals surface area contributed by atoms with Gasteiger partial charge in [0.2, 0.25) is 0 Å². The lowest BCUT2D eigenvalue weighted by molar-refractivity contribution is 0.0711. The summed E-state index contributed by atoms with van der Waals surface area (Å²) in [7, 11) is 4.34. The van der Waals surface area contributed by atoms with Crippen LogP contribution in [0.1, 0.15) is 18.7 Å². The lowest BCUT2D eigenvalue weighted by Crippen LogP contribution is -2.55. The van der Waals surface area contributed by atoms with Crippen LogP contribution < -0.4 is 10.6 Å². The molecule has 0 aromatic carbocycles. The molecule has 0 radical (unpaired) electrons. The van der Waals surface area contributed by atoms with Gasteiger partial charge < -0.3 is 20.6 Å². The van der Waals surface area contributed by atoms with Crippen LogP contribution in [0.25, 0.3) is 0 Å². The molecular weight excluding hydrogens is 322 g/mol. The number of nitrogens with zero attached hydrogens (tertiary/aromatic N) is 3. The third kappa shape index (κ3) is 5.44. The summed E-state index contributed by atoms with van der Waals surface area (Å²) in [6.07, 6.45) is 0. The van der Waals surface area contributed by atoms with Crippen molar-refractivity contribution in [2.24, 2.45) is 4.99 Å². The first-order valence-electron chi connectivity index (χ1n) is 8.59. The number of thiophene rings is 1. The van der Waals surface area contributed by atoms with Crippen LogP contribution in [0.15, 0.2) is 22.5 Å². The maximum Gasteiger partial charge on any atom is 0.191 e. The fraction of sp³-hybridized carbons (Fsp3) is 0.706. The molecule has 1 aliphatic heterocycles. The van der Waals surface area contributed by atoms with Gasteiger partial charge in [0.25, 0.3) is 0 Å². The molecule has 7 heteroatoms. The van der Waals surface area contributed by atoms with Gasteiger partial charge >= 0.3 is 0 Å². The molecule has 1 aromatic rings. The van der Waals surface area contributed by atoms with Crippen molar-refractivity contribution in [2.75, 3.05) is 53.4 Å². The Balaban J connectivity index is 1.93. The number of nitrogens with one attached hydrogen (secondary N) is 2. The first-order chi connectivity index (χ1) is 11.4. The van der Waals surface area contributed by atoms with Crippen LogP contribution in [0.2, 0.25) is 0 Å². The first kappa shape index (κ1) is 19.2. The molecule has 1 fully saturated rings. The van der Waals surface area contributed by atoms with E-state index in [9.17, 15) is 5.11 Å². The standard InChI is InChI=1S/C17H31N5OS/c1-5-18-16(19-11-14-12-21(3)8-9-22(14)4)20-13-17(2,23)15-7-6-10-24-15/h6-7,10,14,23H,5,8-9,11-13H2,1-4H3,(H2,18,19,20). The smallest absolute Gasteiger partial charge is 0.191 e. The van der Waals surface area contributed by atoms with E-state index in [1.165, 1.54) is 0 Å². The fourth-order valence-corrected chi connectivity index (χ4v) is 3.55. The van der Waals surface area contributed by atoms with Gasteiger partial charge in [0.05, 0.1) is 6.54 Å². The number of aliphatic imine (C=N–C) groups is 1. The Morgan fingerprint density at radius 1 is 1.42 bits per heavy atom.